The van der Waals surface area contributed by atoms with Crippen molar-refractivity contribution in [3.63, 3.8) is 0 Å². The van der Waals surface area contributed by atoms with Gasteiger partial charge in [-0.05, 0) is 6.92 Å². The van der Waals surface area contributed by atoms with Crippen molar-refractivity contribution in [2.24, 2.45) is 18.9 Å². The van der Waals surface area contributed by atoms with Gasteiger partial charge >= 0.3 is 0 Å². The van der Waals surface area contributed by atoms with Gasteiger partial charge in [-0.3, -0.25) is 4.79 Å². The number of imidazole rings is 1. The van der Waals surface area contributed by atoms with Gasteiger partial charge in [0.05, 0.1) is 41.7 Å². The lowest BCUT2D eigenvalue weighted by Crippen LogP contribution is -2.64. The molecular formula is C18H21N3O4S. The highest BCUT2D eigenvalue weighted by molar-refractivity contribution is 7.18. The van der Waals surface area contributed by atoms with Gasteiger partial charge in [0, 0.05) is 17.9 Å². The molecule has 1 fully saturated rings. The zero-order chi connectivity index (χ0) is 18.9. The van der Waals surface area contributed by atoms with Gasteiger partial charge in [0.25, 0.3) is 0 Å². The smallest absolute Gasteiger partial charge is 0.249 e. The Balaban J connectivity index is 1.86. The number of carbonyl (C=O) groups excluding carboxylic acids is 2. The molecule has 2 aliphatic rings. The molecule has 4 heterocycles. The number of hydrogen-bond acceptors (Lipinski definition) is 5. The number of carboxylic acid groups (broad SMARTS) is 1. The molecule has 7 nitrogen and oxygen atoms in total. The minimum atomic E-state index is -1.34. The molecule has 26 heavy (non-hydrogen) atoms. The fraction of sp³-hybridized carbons (Fsp3) is 0.500. The summed E-state index contributed by atoms with van der Waals surface area (Å²) in [5, 5.41) is 21.8. The van der Waals surface area contributed by atoms with Crippen molar-refractivity contribution in [1.82, 2.24) is 9.47 Å². The SMILES string of the molecule is CCc1c2sc(C3=C(C(=O)[O-])N4C(=O)[C@H]([C@@H](C)O)[C@H]4[C@H]3C)c[n+]2cn1C. The summed E-state index contributed by atoms with van der Waals surface area (Å²) >= 11 is 1.53. The average molecular weight is 375 g/mol. The van der Waals surface area contributed by atoms with Crippen LogP contribution in [0.3, 0.4) is 0 Å². The van der Waals surface area contributed by atoms with Gasteiger partial charge < -0.3 is 19.9 Å². The lowest BCUT2D eigenvalue weighted by Gasteiger charge is -2.47. The summed E-state index contributed by atoms with van der Waals surface area (Å²) in [5.74, 6) is -2.42. The van der Waals surface area contributed by atoms with Crippen LogP contribution in [0.15, 0.2) is 18.2 Å². The molecule has 4 rings (SSSR count). The molecule has 2 aromatic rings. The van der Waals surface area contributed by atoms with Crippen LogP contribution in [0.4, 0.5) is 0 Å². The number of aliphatic carboxylic acids is 1. The third-order valence-electron chi connectivity index (χ3n) is 5.63. The number of nitrogens with zero attached hydrogens (tertiary/aromatic N) is 3. The van der Waals surface area contributed by atoms with E-state index in [0.717, 1.165) is 16.1 Å². The maximum atomic E-state index is 12.4. The summed E-state index contributed by atoms with van der Waals surface area (Å²) < 4.78 is 4.05. The van der Waals surface area contributed by atoms with Crippen LogP contribution >= 0.6 is 11.3 Å². The van der Waals surface area contributed by atoms with Crippen LogP contribution in [0.25, 0.3) is 10.4 Å². The topological polar surface area (TPSA) is 89.7 Å². The highest BCUT2D eigenvalue weighted by atomic mass is 32.1. The number of hydrogen-bond donors (Lipinski definition) is 1. The number of carbonyl (C=O) groups is 2. The Morgan fingerprint density at radius 3 is 2.77 bits per heavy atom. The maximum Gasteiger partial charge on any atom is 0.249 e. The number of thiazole rings is 1. The number of aromatic nitrogens is 2. The van der Waals surface area contributed by atoms with E-state index >= 15 is 0 Å². The van der Waals surface area contributed by atoms with E-state index in [4.69, 9.17) is 0 Å². The van der Waals surface area contributed by atoms with Crippen molar-refractivity contribution in [2.45, 2.75) is 39.3 Å². The number of rotatable bonds is 4. The molecule has 2 aromatic heterocycles. The van der Waals surface area contributed by atoms with Crippen molar-refractivity contribution in [3.8, 4) is 0 Å². The third-order valence-corrected chi connectivity index (χ3v) is 6.82. The molecule has 0 aliphatic carbocycles. The van der Waals surface area contributed by atoms with Crippen LogP contribution in [0.1, 0.15) is 31.3 Å². The molecule has 0 radical (unpaired) electrons. The van der Waals surface area contributed by atoms with E-state index in [1.165, 1.54) is 21.9 Å². The van der Waals surface area contributed by atoms with Crippen molar-refractivity contribution >= 4 is 33.6 Å². The highest BCUT2D eigenvalue weighted by Gasteiger charge is 2.59. The van der Waals surface area contributed by atoms with Gasteiger partial charge in [-0.15, -0.1) is 0 Å². The second kappa shape index (κ2) is 5.65. The molecule has 1 amide bonds. The molecule has 2 aliphatic heterocycles. The number of aliphatic hydroxyl groups is 1. The number of β-lactam (4-membered cyclic amide) rings is 1. The average Bonchev–Trinajstić information content (AvgIpc) is 3.14. The molecule has 0 unspecified atom stereocenters. The molecule has 0 saturated carbocycles. The Labute approximate surface area is 154 Å². The van der Waals surface area contributed by atoms with E-state index in [1.54, 1.807) is 6.92 Å². The van der Waals surface area contributed by atoms with Crippen LogP contribution in [0.2, 0.25) is 0 Å². The van der Waals surface area contributed by atoms with Crippen LogP contribution < -0.4 is 9.51 Å². The van der Waals surface area contributed by atoms with Gasteiger partial charge in [0.15, 0.2) is 5.69 Å². The van der Waals surface area contributed by atoms with Gasteiger partial charge in [-0.25, -0.2) is 4.57 Å². The Bertz CT molecular complexity index is 971. The molecule has 4 atom stereocenters. The Kier molecular flexibility index (Phi) is 3.75. The normalized spacial score (nSPS) is 26.4. The summed E-state index contributed by atoms with van der Waals surface area (Å²) in [6.07, 6.45) is 3.94. The van der Waals surface area contributed by atoms with Gasteiger partial charge in [-0.1, -0.05) is 25.2 Å². The quantitative estimate of drug-likeness (QED) is 0.587. The number of amides is 1. The van der Waals surface area contributed by atoms with Crippen molar-refractivity contribution in [2.75, 3.05) is 0 Å². The molecular weight excluding hydrogens is 354 g/mol. The predicted octanol–water partition coefficient (Wildman–Crippen LogP) is -0.294. The molecule has 0 bridgehead atoms. The standard InChI is InChI=1S/C18H21N3O4S/c1-5-10-17-20(7-19(10)4)6-11(26-17)12-8(2)14-13(9(3)22)16(23)21(14)15(12)18(24)25/h6-9,13-14,22H,5H2,1-4H3/t8-,9+,13+,14+/m0/s1. The monoisotopic (exact) mass is 375 g/mol. The fourth-order valence-corrected chi connectivity index (χ4v) is 5.86. The van der Waals surface area contributed by atoms with Crippen LogP contribution in [-0.4, -0.2) is 38.6 Å². The summed E-state index contributed by atoms with van der Waals surface area (Å²) in [7, 11) is 1.99. The number of aliphatic hydroxyl groups excluding tert-OH is 1. The van der Waals surface area contributed by atoms with Crippen molar-refractivity contribution in [3.05, 3.63) is 28.8 Å². The van der Waals surface area contributed by atoms with Gasteiger partial charge in [-0.2, -0.15) is 4.40 Å². The highest BCUT2D eigenvalue weighted by Crippen LogP contribution is 2.51. The number of fused-ring (bicyclic) bond motifs is 2. The second-order valence-electron chi connectivity index (χ2n) is 7.14. The number of carboxylic acids is 1. The van der Waals surface area contributed by atoms with Crippen LogP contribution in [0, 0.1) is 11.8 Å². The lowest BCUT2D eigenvalue weighted by molar-refractivity contribution is -0.508. The molecule has 8 heteroatoms. The van der Waals surface area contributed by atoms with E-state index in [1.807, 2.05) is 30.9 Å². The van der Waals surface area contributed by atoms with E-state index in [0.29, 0.717) is 5.57 Å². The fourth-order valence-electron chi connectivity index (χ4n) is 4.48. The van der Waals surface area contributed by atoms with Crippen molar-refractivity contribution < 1.29 is 24.2 Å². The summed E-state index contributed by atoms with van der Waals surface area (Å²) in [6, 6.07) is -0.325. The molecule has 0 spiro atoms. The van der Waals surface area contributed by atoms with Gasteiger partial charge in [0.1, 0.15) is 6.20 Å². The Morgan fingerprint density at radius 2 is 2.19 bits per heavy atom. The maximum absolute atomic E-state index is 12.4. The van der Waals surface area contributed by atoms with Crippen molar-refractivity contribution in [1.29, 1.82) is 0 Å². The zero-order valence-corrected chi connectivity index (χ0v) is 15.9. The lowest BCUT2D eigenvalue weighted by atomic mass is 9.77. The Hall–Kier alpha value is -2.19. The first kappa shape index (κ1) is 17.2. The summed E-state index contributed by atoms with van der Waals surface area (Å²) in [4.78, 5) is 27.5. The molecule has 138 valence electrons. The zero-order valence-electron chi connectivity index (χ0n) is 15.1. The van der Waals surface area contributed by atoms with Crippen LogP contribution in [-0.2, 0) is 23.1 Å². The molecule has 0 aromatic carbocycles. The van der Waals surface area contributed by atoms with E-state index in [-0.39, 0.29) is 23.6 Å². The summed E-state index contributed by atoms with van der Waals surface area (Å²) in [5.41, 5.74) is 1.75. The largest absolute Gasteiger partial charge is 0.543 e. The molecule has 1 N–H and O–H groups in total. The third kappa shape index (κ3) is 2.05. The van der Waals surface area contributed by atoms with Gasteiger partial charge in [0.2, 0.25) is 17.1 Å². The minimum Gasteiger partial charge on any atom is -0.543 e. The Morgan fingerprint density at radius 1 is 1.50 bits per heavy atom. The molecule has 1 saturated heterocycles. The van der Waals surface area contributed by atoms with E-state index < -0.39 is 18.0 Å². The first-order valence-corrected chi connectivity index (χ1v) is 9.55. The first-order chi connectivity index (χ1) is 12.3. The predicted molar refractivity (Wildman–Crippen MR) is 92.7 cm³/mol. The summed E-state index contributed by atoms with van der Waals surface area (Å²) in [6.45, 7) is 5.57. The number of aryl methyl sites for hydroxylation is 2. The van der Waals surface area contributed by atoms with E-state index in [9.17, 15) is 19.8 Å². The second-order valence-corrected chi connectivity index (χ2v) is 8.17. The van der Waals surface area contributed by atoms with Crippen LogP contribution in [0.5, 0.6) is 0 Å². The first-order valence-electron chi connectivity index (χ1n) is 8.73. The minimum absolute atomic E-state index is 0.0451. The van der Waals surface area contributed by atoms with E-state index in [2.05, 4.69) is 11.5 Å².